The summed E-state index contributed by atoms with van der Waals surface area (Å²) in [5, 5.41) is 8.05. The van der Waals surface area contributed by atoms with Gasteiger partial charge in [-0.1, -0.05) is 0 Å². The fraction of sp³-hybridized carbons (Fsp3) is 0.556. The maximum absolute atomic E-state index is 10.2. The zero-order valence-electron chi connectivity index (χ0n) is 8.73. The van der Waals surface area contributed by atoms with E-state index in [2.05, 4.69) is 9.47 Å². The van der Waals surface area contributed by atoms with Gasteiger partial charge in [-0.05, 0) is 0 Å². The van der Waals surface area contributed by atoms with Crippen molar-refractivity contribution in [3.05, 3.63) is 0 Å². The van der Waals surface area contributed by atoms with Crippen LogP contribution in [0, 0.1) is 0 Å². The van der Waals surface area contributed by atoms with Gasteiger partial charge in [-0.3, -0.25) is 19.2 Å². The van der Waals surface area contributed by atoms with Crippen molar-refractivity contribution in [3.8, 4) is 0 Å². The number of carboxylic acids is 1. The van der Waals surface area contributed by atoms with E-state index in [9.17, 15) is 19.2 Å². The molecule has 0 unspecified atom stereocenters. The van der Waals surface area contributed by atoms with Crippen molar-refractivity contribution in [1.82, 2.24) is 0 Å². The Morgan fingerprint density at radius 2 is 1.75 bits per heavy atom. The van der Waals surface area contributed by atoms with Gasteiger partial charge in [-0.2, -0.15) is 0 Å². The number of carbonyl (C=O) groups is 4. The first-order valence-corrected chi connectivity index (χ1v) is 4.47. The highest BCUT2D eigenvalue weighted by molar-refractivity contribution is 5.92. The van der Waals surface area contributed by atoms with E-state index in [0.29, 0.717) is 0 Å². The topological polar surface area (TPSA) is 107 Å². The van der Waals surface area contributed by atoms with E-state index in [1.807, 2.05) is 0 Å². The Labute approximate surface area is 91.3 Å². The normalized spacial score (nSPS) is 13.6. The van der Waals surface area contributed by atoms with E-state index in [-0.39, 0.29) is 25.7 Å². The van der Waals surface area contributed by atoms with Crippen LogP contribution < -0.4 is 0 Å². The average molecular weight is 232 g/mol. The molecule has 7 heteroatoms. The summed E-state index contributed by atoms with van der Waals surface area (Å²) >= 11 is 0. The molecule has 1 saturated heterocycles. The van der Waals surface area contributed by atoms with Crippen molar-refractivity contribution in [2.45, 2.75) is 25.7 Å². The number of carboxylic acid groups (broad SMARTS) is 1. The van der Waals surface area contributed by atoms with E-state index in [1.54, 1.807) is 0 Å². The van der Waals surface area contributed by atoms with Gasteiger partial charge in [0.05, 0.1) is 32.8 Å². The number of esters is 3. The van der Waals surface area contributed by atoms with E-state index >= 15 is 0 Å². The predicted molar refractivity (Wildman–Crippen MR) is 49.2 cm³/mol. The number of methoxy groups -OCH3 is 1. The zero-order valence-corrected chi connectivity index (χ0v) is 8.73. The van der Waals surface area contributed by atoms with Crippen LogP contribution in [0.15, 0.2) is 0 Å². The number of carbonyl (C=O) groups excluding carboxylic acids is 3. The maximum Gasteiger partial charge on any atom is 0.314 e. The van der Waals surface area contributed by atoms with E-state index in [1.165, 1.54) is 7.11 Å². The fourth-order valence-electron chi connectivity index (χ4n) is 0.744. The summed E-state index contributed by atoms with van der Waals surface area (Å²) in [4.78, 5) is 40.1. The Kier molecular flexibility index (Phi) is 6.50. The molecule has 0 saturated carbocycles. The third kappa shape index (κ3) is 7.48. The van der Waals surface area contributed by atoms with Gasteiger partial charge in [0.1, 0.15) is 0 Å². The molecule has 7 nitrogen and oxygen atoms in total. The predicted octanol–water partition coefficient (Wildman–Crippen LogP) is -0.126. The van der Waals surface area contributed by atoms with Crippen LogP contribution in [0.5, 0.6) is 0 Å². The number of aliphatic carboxylic acids is 1. The summed E-state index contributed by atoms with van der Waals surface area (Å²) < 4.78 is 8.28. The number of hydrogen-bond donors (Lipinski definition) is 1. The maximum atomic E-state index is 10.2. The Morgan fingerprint density at radius 3 is 2.00 bits per heavy atom. The Hall–Kier alpha value is -1.92. The summed E-state index contributed by atoms with van der Waals surface area (Å²) in [6, 6.07) is 0. The second kappa shape index (κ2) is 7.38. The van der Waals surface area contributed by atoms with Gasteiger partial charge >= 0.3 is 23.9 Å². The molecule has 0 atom stereocenters. The first kappa shape index (κ1) is 14.1. The molecular weight excluding hydrogens is 220 g/mol. The van der Waals surface area contributed by atoms with Gasteiger partial charge in [-0.25, -0.2) is 0 Å². The van der Waals surface area contributed by atoms with E-state index in [4.69, 9.17) is 5.11 Å². The molecule has 1 aliphatic rings. The van der Waals surface area contributed by atoms with Crippen molar-refractivity contribution < 1.29 is 33.8 Å². The second-order valence-electron chi connectivity index (χ2n) is 2.82. The van der Waals surface area contributed by atoms with Gasteiger partial charge < -0.3 is 14.6 Å². The summed E-state index contributed by atoms with van der Waals surface area (Å²) in [5.41, 5.74) is 0. The highest BCUT2D eigenvalue weighted by Crippen LogP contribution is 2.03. The standard InChI is InChI=1S/C5H8O4.C4H4O3/c1-9-5(8)3-2-4(6)7;5-3-1-2-4(6)7-3/h2-3H2,1H3,(H,6,7);1-2H2. The summed E-state index contributed by atoms with van der Waals surface area (Å²) in [5.74, 6) is -2.27. The monoisotopic (exact) mass is 232 g/mol. The van der Waals surface area contributed by atoms with Crippen molar-refractivity contribution in [2.24, 2.45) is 0 Å². The number of cyclic esters (lactones) is 2. The molecule has 0 radical (unpaired) electrons. The van der Waals surface area contributed by atoms with E-state index < -0.39 is 23.9 Å². The molecule has 0 bridgehead atoms. The minimum Gasteiger partial charge on any atom is -0.481 e. The minimum atomic E-state index is -0.986. The van der Waals surface area contributed by atoms with Crippen LogP contribution in [-0.4, -0.2) is 36.1 Å². The van der Waals surface area contributed by atoms with Gasteiger partial charge in [-0.15, -0.1) is 0 Å². The lowest BCUT2D eigenvalue weighted by Crippen LogP contribution is -2.04. The van der Waals surface area contributed by atoms with Crippen LogP contribution >= 0.6 is 0 Å². The van der Waals surface area contributed by atoms with Crippen molar-refractivity contribution in [2.75, 3.05) is 7.11 Å². The molecule has 1 fully saturated rings. The van der Waals surface area contributed by atoms with Crippen molar-refractivity contribution in [1.29, 1.82) is 0 Å². The lowest BCUT2D eigenvalue weighted by atomic mass is 10.3. The first-order valence-electron chi connectivity index (χ1n) is 4.47. The molecule has 16 heavy (non-hydrogen) atoms. The fourth-order valence-corrected chi connectivity index (χ4v) is 0.744. The Morgan fingerprint density at radius 1 is 1.25 bits per heavy atom. The van der Waals surface area contributed by atoms with Crippen LogP contribution in [0.1, 0.15) is 25.7 Å². The summed E-state index contributed by atoms with van der Waals surface area (Å²) in [7, 11) is 1.23. The van der Waals surface area contributed by atoms with Crippen LogP contribution in [-0.2, 0) is 28.7 Å². The smallest absolute Gasteiger partial charge is 0.314 e. The van der Waals surface area contributed by atoms with Crippen LogP contribution in [0.4, 0.5) is 0 Å². The Bertz CT molecular complexity index is 280. The van der Waals surface area contributed by atoms with Crippen LogP contribution in [0.25, 0.3) is 0 Å². The van der Waals surface area contributed by atoms with Gasteiger partial charge in [0.2, 0.25) is 0 Å². The number of hydrogen-bond acceptors (Lipinski definition) is 6. The molecule has 1 heterocycles. The third-order valence-electron chi connectivity index (χ3n) is 1.53. The first-order chi connectivity index (χ1) is 7.45. The number of rotatable bonds is 3. The molecule has 0 spiro atoms. The quantitative estimate of drug-likeness (QED) is 0.533. The van der Waals surface area contributed by atoms with Gasteiger partial charge in [0.15, 0.2) is 0 Å². The summed E-state index contributed by atoms with van der Waals surface area (Å²) in [6.45, 7) is 0. The zero-order chi connectivity index (χ0) is 12.6. The molecule has 1 rings (SSSR count). The largest absolute Gasteiger partial charge is 0.481 e. The third-order valence-corrected chi connectivity index (χ3v) is 1.53. The summed E-state index contributed by atoms with van der Waals surface area (Å²) in [6.07, 6.45) is 0.316. The highest BCUT2D eigenvalue weighted by atomic mass is 16.6. The van der Waals surface area contributed by atoms with Crippen LogP contribution in [0.2, 0.25) is 0 Å². The van der Waals surface area contributed by atoms with Gasteiger partial charge in [0.25, 0.3) is 0 Å². The Balaban J connectivity index is 0.000000288. The van der Waals surface area contributed by atoms with Gasteiger partial charge in [0, 0.05) is 0 Å². The molecule has 1 aliphatic heterocycles. The van der Waals surface area contributed by atoms with Crippen molar-refractivity contribution >= 4 is 23.9 Å². The second-order valence-corrected chi connectivity index (χ2v) is 2.82. The highest BCUT2D eigenvalue weighted by Gasteiger charge is 2.19. The lowest BCUT2D eigenvalue weighted by molar-refractivity contribution is -0.152. The SMILES string of the molecule is COC(=O)CCC(=O)O.O=C1CCC(=O)O1. The molecule has 1 N–H and O–H groups in total. The van der Waals surface area contributed by atoms with Crippen LogP contribution in [0.3, 0.4) is 0 Å². The molecule has 0 aromatic heterocycles. The molecule has 0 aromatic carbocycles. The lowest BCUT2D eigenvalue weighted by Gasteiger charge is -1.92. The molecular formula is C9H12O7. The minimum absolute atomic E-state index is 0.0498. The molecule has 0 aliphatic carbocycles. The molecule has 0 amide bonds. The average Bonchev–Trinajstić information content (AvgIpc) is 2.59. The van der Waals surface area contributed by atoms with E-state index in [0.717, 1.165) is 0 Å². The molecule has 0 aromatic rings. The number of ether oxygens (including phenoxy) is 2. The van der Waals surface area contributed by atoms with Crippen molar-refractivity contribution in [3.63, 3.8) is 0 Å². The molecule has 90 valence electrons.